The van der Waals surface area contributed by atoms with Gasteiger partial charge in [-0.05, 0) is 89.5 Å². The number of ether oxygens (including phenoxy) is 1. The zero-order valence-corrected chi connectivity index (χ0v) is 17.1. The third kappa shape index (κ3) is 4.34. The molecule has 0 radical (unpaired) electrons. The molecule has 1 saturated heterocycles. The molecule has 3 rings (SSSR count). The Morgan fingerprint density at radius 1 is 1.12 bits per heavy atom. The first-order valence-electron chi connectivity index (χ1n) is 10.4. The zero-order chi connectivity index (χ0) is 18.7. The van der Waals surface area contributed by atoms with Gasteiger partial charge >= 0.3 is 0 Å². The number of piperidine rings is 1. The molecular formula is C22H37N3O. The molecule has 1 heterocycles. The molecule has 0 spiro atoms. The van der Waals surface area contributed by atoms with Crippen molar-refractivity contribution in [2.45, 2.75) is 83.9 Å². The van der Waals surface area contributed by atoms with Gasteiger partial charge in [-0.15, -0.1) is 0 Å². The highest BCUT2D eigenvalue weighted by Gasteiger charge is 2.38. The molecule has 1 saturated carbocycles. The van der Waals surface area contributed by atoms with Gasteiger partial charge in [-0.3, -0.25) is 4.90 Å². The molecule has 0 unspecified atom stereocenters. The second kappa shape index (κ2) is 8.18. The lowest BCUT2D eigenvalue weighted by Gasteiger charge is -2.48. The van der Waals surface area contributed by atoms with E-state index >= 15 is 0 Å². The number of nitrogen functional groups attached to an aromatic ring is 1. The van der Waals surface area contributed by atoms with Crippen LogP contribution in [-0.2, 0) is 4.74 Å². The van der Waals surface area contributed by atoms with E-state index in [-0.39, 0.29) is 0 Å². The molecule has 4 nitrogen and oxygen atoms in total. The SMILES string of the molecule is CCO[C@H]1CC[C@](C)(N2CCC(Nc3cc(C)c(C)cc3N)CC2)CC1. The zero-order valence-electron chi connectivity index (χ0n) is 17.1. The van der Waals surface area contributed by atoms with Gasteiger partial charge in [-0.1, -0.05) is 0 Å². The van der Waals surface area contributed by atoms with Crippen molar-refractivity contribution in [2.24, 2.45) is 0 Å². The number of benzene rings is 1. The van der Waals surface area contributed by atoms with Gasteiger partial charge in [-0.25, -0.2) is 0 Å². The number of likely N-dealkylation sites (tertiary alicyclic amines) is 1. The highest BCUT2D eigenvalue weighted by Crippen LogP contribution is 2.36. The van der Waals surface area contributed by atoms with Crippen LogP contribution in [0.1, 0.15) is 63.5 Å². The van der Waals surface area contributed by atoms with Crippen molar-refractivity contribution in [1.29, 1.82) is 0 Å². The van der Waals surface area contributed by atoms with Crippen LogP contribution in [0.15, 0.2) is 12.1 Å². The van der Waals surface area contributed by atoms with Crippen LogP contribution in [-0.4, -0.2) is 42.3 Å². The molecule has 4 heteroatoms. The van der Waals surface area contributed by atoms with E-state index in [0.717, 1.165) is 18.0 Å². The molecule has 146 valence electrons. The summed E-state index contributed by atoms with van der Waals surface area (Å²) in [6, 6.07) is 4.82. The van der Waals surface area contributed by atoms with E-state index in [1.165, 1.54) is 62.7 Å². The summed E-state index contributed by atoms with van der Waals surface area (Å²) < 4.78 is 5.84. The lowest BCUT2D eigenvalue weighted by Crippen LogP contribution is -2.53. The summed E-state index contributed by atoms with van der Waals surface area (Å²) in [6.45, 7) is 12.0. The number of aryl methyl sites for hydroxylation is 2. The van der Waals surface area contributed by atoms with E-state index in [9.17, 15) is 0 Å². The molecule has 1 aliphatic heterocycles. The van der Waals surface area contributed by atoms with Crippen LogP contribution in [0.4, 0.5) is 11.4 Å². The van der Waals surface area contributed by atoms with Gasteiger partial charge < -0.3 is 15.8 Å². The van der Waals surface area contributed by atoms with Crippen LogP contribution < -0.4 is 11.1 Å². The molecule has 1 aliphatic carbocycles. The van der Waals surface area contributed by atoms with E-state index in [4.69, 9.17) is 10.5 Å². The van der Waals surface area contributed by atoms with Crippen molar-refractivity contribution in [3.63, 3.8) is 0 Å². The maximum absolute atomic E-state index is 6.23. The summed E-state index contributed by atoms with van der Waals surface area (Å²) in [6.07, 6.45) is 7.82. The smallest absolute Gasteiger partial charge is 0.0578 e. The van der Waals surface area contributed by atoms with Crippen molar-refractivity contribution in [2.75, 3.05) is 30.7 Å². The second-order valence-corrected chi connectivity index (χ2v) is 8.58. The first kappa shape index (κ1) is 19.5. The minimum atomic E-state index is 0.359. The summed E-state index contributed by atoms with van der Waals surface area (Å²) >= 11 is 0. The number of nitrogens with two attached hydrogens (primary N) is 1. The lowest BCUT2D eigenvalue weighted by atomic mass is 9.79. The van der Waals surface area contributed by atoms with Crippen LogP contribution in [0.5, 0.6) is 0 Å². The minimum Gasteiger partial charge on any atom is -0.397 e. The fourth-order valence-corrected chi connectivity index (χ4v) is 4.68. The molecule has 0 aromatic heterocycles. The van der Waals surface area contributed by atoms with Crippen LogP contribution in [0.25, 0.3) is 0 Å². The number of nitrogens with zero attached hydrogens (tertiary/aromatic N) is 1. The molecule has 1 aromatic rings. The molecule has 0 amide bonds. The summed E-state index contributed by atoms with van der Waals surface area (Å²) in [5.41, 5.74) is 11.1. The highest BCUT2D eigenvalue weighted by atomic mass is 16.5. The van der Waals surface area contributed by atoms with E-state index in [0.29, 0.717) is 17.7 Å². The van der Waals surface area contributed by atoms with Gasteiger partial charge in [-0.2, -0.15) is 0 Å². The molecular weight excluding hydrogens is 322 g/mol. The maximum Gasteiger partial charge on any atom is 0.0578 e. The average Bonchev–Trinajstić information content (AvgIpc) is 2.62. The van der Waals surface area contributed by atoms with Crippen LogP contribution >= 0.6 is 0 Å². The Labute approximate surface area is 159 Å². The normalized spacial score (nSPS) is 28.2. The molecule has 2 fully saturated rings. The molecule has 1 aromatic carbocycles. The predicted molar refractivity (Wildman–Crippen MR) is 111 cm³/mol. The fraction of sp³-hybridized carbons (Fsp3) is 0.727. The monoisotopic (exact) mass is 359 g/mol. The fourth-order valence-electron chi connectivity index (χ4n) is 4.68. The number of hydrogen-bond donors (Lipinski definition) is 2. The molecule has 2 aliphatic rings. The Kier molecular flexibility index (Phi) is 6.13. The van der Waals surface area contributed by atoms with Crippen molar-refractivity contribution in [3.05, 3.63) is 23.3 Å². The van der Waals surface area contributed by atoms with Gasteiger partial charge in [0.25, 0.3) is 0 Å². The number of nitrogens with one attached hydrogen (secondary N) is 1. The molecule has 26 heavy (non-hydrogen) atoms. The molecule has 0 atom stereocenters. The number of hydrogen-bond acceptors (Lipinski definition) is 4. The van der Waals surface area contributed by atoms with Crippen molar-refractivity contribution >= 4 is 11.4 Å². The Morgan fingerprint density at radius 3 is 2.35 bits per heavy atom. The predicted octanol–water partition coefficient (Wildman–Crippen LogP) is 4.50. The van der Waals surface area contributed by atoms with Gasteiger partial charge in [0, 0.05) is 31.3 Å². The summed E-state index contributed by atoms with van der Waals surface area (Å²) in [5, 5.41) is 3.71. The van der Waals surface area contributed by atoms with Gasteiger partial charge in [0.15, 0.2) is 0 Å². The van der Waals surface area contributed by atoms with E-state index in [1.807, 2.05) is 0 Å². The topological polar surface area (TPSA) is 50.5 Å². The third-order valence-electron chi connectivity index (χ3n) is 6.70. The molecule has 0 bridgehead atoms. The van der Waals surface area contributed by atoms with E-state index < -0.39 is 0 Å². The number of anilines is 2. The maximum atomic E-state index is 6.23. The van der Waals surface area contributed by atoms with Gasteiger partial charge in [0.1, 0.15) is 0 Å². The van der Waals surface area contributed by atoms with Crippen molar-refractivity contribution in [1.82, 2.24) is 4.90 Å². The van der Waals surface area contributed by atoms with Gasteiger partial charge in [0.05, 0.1) is 17.5 Å². The third-order valence-corrected chi connectivity index (χ3v) is 6.70. The van der Waals surface area contributed by atoms with Crippen molar-refractivity contribution in [3.8, 4) is 0 Å². The minimum absolute atomic E-state index is 0.359. The van der Waals surface area contributed by atoms with Crippen LogP contribution in [0, 0.1) is 13.8 Å². The van der Waals surface area contributed by atoms with Crippen LogP contribution in [0.2, 0.25) is 0 Å². The summed E-state index contributed by atoms with van der Waals surface area (Å²) in [4.78, 5) is 2.73. The highest BCUT2D eigenvalue weighted by molar-refractivity contribution is 5.68. The Balaban J connectivity index is 1.52. The average molecular weight is 360 g/mol. The van der Waals surface area contributed by atoms with Gasteiger partial charge in [0.2, 0.25) is 0 Å². The van der Waals surface area contributed by atoms with Crippen LogP contribution in [0.3, 0.4) is 0 Å². The first-order valence-corrected chi connectivity index (χ1v) is 10.4. The molecule has 3 N–H and O–H groups in total. The Hall–Kier alpha value is -1.26. The Bertz CT molecular complexity index is 600. The Morgan fingerprint density at radius 2 is 1.73 bits per heavy atom. The standard InChI is InChI=1S/C22H37N3O/c1-5-26-19-6-10-22(4,11-7-19)25-12-8-18(9-13-25)24-21-15-17(3)16(2)14-20(21)23/h14-15,18-19,24H,5-13,23H2,1-4H3/t19-,22-. The lowest BCUT2D eigenvalue weighted by molar-refractivity contribution is -0.0242. The van der Waals surface area contributed by atoms with E-state index in [2.05, 4.69) is 50.0 Å². The van der Waals surface area contributed by atoms with Crippen molar-refractivity contribution < 1.29 is 4.74 Å². The quantitative estimate of drug-likeness (QED) is 0.760. The van der Waals surface area contributed by atoms with E-state index in [1.54, 1.807) is 0 Å². The second-order valence-electron chi connectivity index (χ2n) is 8.58. The number of rotatable bonds is 5. The first-order chi connectivity index (χ1) is 12.4. The summed E-state index contributed by atoms with van der Waals surface area (Å²) in [7, 11) is 0. The largest absolute Gasteiger partial charge is 0.397 e. The summed E-state index contributed by atoms with van der Waals surface area (Å²) in [5.74, 6) is 0.